The third-order valence-electron chi connectivity index (χ3n) is 8.60. The number of aliphatic hydroxyl groups excluding tert-OH is 1. The van der Waals surface area contributed by atoms with Crippen molar-refractivity contribution in [2.24, 2.45) is 5.92 Å². The number of nitrogens with one attached hydrogen (secondary N) is 1. The van der Waals surface area contributed by atoms with Gasteiger partial charge in [-0.2, -0.15) is 0 Å². The van der Waals surface area contributed by atoms with Crippen LogP contribution < -0.4 is 5.32 Å². The van der Waals surface area contributed by atoms with Crippen molar-refractivity contribution in [3.8, 4) is 11.1 Å². The standard InChI is InChI=1S/C39H35N5O4S/c1-25-35(24-49-39-40-17-6-18-41-39)47-38(48-36(25)28-15-13-26(23-45)14-16-28)31-10-5-9-30(20-31)29-8-4-7-27(19-29)21-43-37(46)34-22-42-32-11-2-3-12-33(32)44-34/h2-20,22,25,35-36,38,45H,21,23-24H2,1H3,(H,43,46)/t25-,35+,36+,38+/m0/s1. The van der Waals surface area contributed by atoms with Crippen LogP contribution >= 0.6 is 11.8 Å². The van der Waals surface area contributed by atoms with E-state index in [0.717, 1.165) is 38.9 Å². The summed E-state index contributed by atoms with van der Waals surface area (Å²) in [5.74, 6) is 0.427. The summed E-state index contributed by atoms with van der Waals surface area (Å²) in [4.78, 5) is 30.5. The van der Waals surface area contributed by atoms with Crippen LogP contribution in [0, 0.1) is 5.92 Å². The predicted octanol–water partition coefficient (Wildman–Crippen LogP) is 7.09. The molecule has 4 atom stereocenters. The molecule has 10 heteroatoms. The molecule has 1 aliphatic heterocycles. The zero-order valence-electron chi connectivity index (χ0n) is 26.8. The Morgan fingerprint density at radius 2 is 1.55 bits per heavy atom. The molecule has 1 saturated heterocycles. The van der Waals surface area contributed by atoms with Crippen molar-refractivity contribution < 1.29 is 19.4 Å². The Bertz CT molecular complexity index is 2050. The summed E-state index contributed by atoms with van der Waals surface area (Å²) in [7, 11) is 0. The first kappa shape index (κ1) is 32.5. The van der Waals surface area contributed by atoms with Gasteiger partial charge in [-0.05, 0) is 58.1 Å². The number of carbonyl (C=O) groups excluding carboxylic acids is 1. The summed E-state index contributed by atoms with van der Waals surface area (Å²) < 4.78 is 13.3. The first-order chi connectivity index (χ1) is 24.0. The zero-order valence-corrected chi connectivity index (χ0v) is 27.7. The highest BCUT2D eigenvalue weighted by Gasteiger charge is 2.38. The average Bonchev–Trinajstić information content (AvgIpc) is 3.17. The SMILES string of the molecule is C[C@H]1[C@@H](CSc2ncccn2)O[C@@H](c2cccc(-c3cccc(CNC(=O)c4cnc5ccccc5n4)c3)c2)O[C@H]1c1ccc(CO)cc1. The summed E-state index contributed by atoms with van der Waals surface area (Å²) >= 11 is 1.57. The molecule has 0 spiro atoms. The van der Waals surface area contributed by atoms with Crippen LogP contribution in [0.4, 0.5) is 0 Å². The van der Waals surface area contributed by atoms with E-state index in [1.165, 1.54) is 6.20 Å². The van der Waals surface area contributed by atoms with Gasteiger partial charge in [0, 0.05) is 36.2 Å². The van der Waals surface area contributed by atoms with Crippen LogP contribution in [0.2, 0.25) is 0 Å². The van der Waals surface area contributed by atoms with Gasteiger partial charge < -0.3 is 19.9 Å². The fraction of sp³-hybridized carbons (Fsp3) is 0.205. The maximum absolute atomic E-state index is 12.9. The maximum Gasteiger partial charge on any atom is 0.271 e. The molecule has 3 heterocycles. The molecule has 0 aliphatic carbocycles. The number of rotatable bonds is 10. The lowest BCUT2D eigenvalue weighted by molar-refractivity contribution is -0.268. The lowest BCUT2D eigenvalue weighted by Gasteiger charge is -2.41. The molecule has 9 nitrogen and oxygen atoms in total. The van der Waals surface area contributed by atoms with E-state index in [1.54, 1.807) is 30.2 Å². The lowest BCUT2D eigenvalue weighted by Crippen LogP contribution is -2.38. The van der Waals surface area contributed by atoms with Crippen molar-refractivity contribution in [3.05, 3.63) is 150 Å². The van der Waals surface area contributed by atoms with E-state index in [1.807, 2.05) is 72.8 Å². The smallest absolute Gasteiger partial charge is 0.271 e. The molecule has 1 amide bonds. The van der Waals surface area contributed by atoms with Gasteiger partial charge >= 0.3 is 0 Å². The Hall–Kier alpha value is -5.00. The molecule has 7 rings (SSSR count). The molecule has 2 N–H and O–H groups in total. The first-order valence-electron chi connectivity index (χ1n) is 16.1. The molecule has 246 valence electrons. The number of benzene rings is 4. The van der Waals surface area contributed by atoms with E-state index in [9.17, 15) is 9.90 Å². The van der Waals surface area contributed by atoms with Gasteiger partial charge in [-0.1, -0.05) is 91.5 Å². The second kappa shape index (κ2) is 15.0. The summed E-state index contributed by atoms with van der Waals surface area (Å²) in [5, 5.41) is 13.3. The van der Waals surface area contributed by atoms with Crippen molar-refractivity contribution in [2.75, 3.05) is 5.75 Å². The van der Waals surface area contributed by atoms with Crippen LogP contribution in [0.1, 0.15) is 52.1 Å². The number of fused-ring (bicyclic) bond motifs is 1. The lowest BCUT2D eigenvalue weighted by atomic mass is 9.91. The van der Waals surface area contributed by atoms with Gasteiger partial charge in [0.2, 0.25) is 0 Å². The van der Waals surface area contributed by atoms with Crippen molar-refractivity contribution in [1.82, 2.24) is 25.3 Å². The highest BCUT2D eigenvalue weighted by molar-refractivity contribution is 7.99. The number of aromatic nitrogens is 4. The predicted molar refractivity (Wildman–Crippen MR) is 188 cm³/mol. The highest BCUT2D eigenvalue weighted by atomic mass is 32.2. The number of para-hydroxylation sites is 2. The third-order valence-corrected chi connectivity index (χ3v) is 9.56. The van der Waals surface area contributed by atoms with Gasteiger partial charge in [-0.3, -0.25) is 9.78 Å². The molecule has 0 unspecified atom stereocenters. The van der Waals surface area contributed by atoms with Crippen LogP contribution in [0.15, 0.2) is 127 Å². The van der Waals surface area contributed by atoms with E-state index in [0.29, 0.717) is 23.0 Å². The summed E-state index contributed by atoms with van der Waals surface area (Å²) in [6, 6.07) is 33.5. The minimum atomic E-state index is -0.605. The number of amides is 1. The van der Waals surface area contributed by atoms with E-state index in [-0.39, 0.29) is 36.3 Å². The molecule has 0 saturated carbocycles. The fourth-order valence-corrected chi connectivity index (χ4v) is 6.86. The first-order valence-corrected chi connectivity index (χ1v) is 17.1. The number of thioether (sulfide) groups is 1. The van der Waals surface area contributed by atoms with E-state index in [4.69, 9.17) is 9.47 Å². The monoisotopic (exact) mass is 669 g/mol. The van der Waals surface area contributed by atoms with Crippen molar-refractivity contribution in [2.45, 2.75) is 43.7 Å². The minimum Gasteiger partial charge on any atom is -0.392 e. The van der Waals surface area contributed by atoms with Gasteiger partial charge in [-0.15, -0.1) is 0 Å². The summed E-state index contributed by atoms with van der Waals surface area (Å²) in [5.41, 5.74) is 7.46. The highest BCUT2D eigenvalue weighted by Crippen LogP contribution is 2.43. The molecule has 49 heavy (non-hydrogen) atoms. The number of hydrogen-bond donors (Lipinski definition) is 2. The number of nitrogens with zero attached hydrogens (tertiary/aromatic N) is 4. The van der Waals surface area contributed by atoms with Crippen LogP contribution in [0.3, 0.4) is 0 Å². The Morgan fingerprint density at radius 3 is 2.35 bits per heavy atom. The Balaban J connectivity index is 1.09. The minimum absolute atomic E-state index is 0.0110. The quantitative estimate of drug-likeness (QED) is 0.116. The zero-order chi connectivity index (χ0) is 33.6. The fourth-order valence-electron chi connectivity index (χ4n) is 5.89. The summed E-state index contributed by atoms with van der Waals surface area (Å²) in [6.07, 6.45) is 4.02. The molecule has 0 bridgehead atoms. The molecule has 0 radical (unpaired) electrons. The Labute approximate surface area is 288 Å². The van der Waals surface area contributed by atoms with E-state index < -0.39 is 6.29 Å². The molecule has 2 aromatic heterocycles. The van der Waals surface area contributed by atoms with Gasteiger partial charge in [-0.25, -0.2) is 15.0 Å². The molecule has 1 aliphatic rings. The van der Waals surface area contributed by atoms with Crippen molar-refractivity contribution in [3.63, 3.8) is 0 Å². The Kier molecular flexibility index (Phi) is 9.99. The van der Waals surface area contributed by atoms with E-state index >= 15 is 0 Å². The van der Waals surface area contributed by atoms with Crippen molar-refractivity contribution >= 4 is 28.7 Å². The van der Waals surface area contributed by atoms with Gasteiger partial charge in [0.25, 0.3) is 5.91 Å². The topological polar surface area (TPSA) is 119 Å². The Morgan fingerprint density at radius 1 is 0.796 bits per heavy atom. The molecule has 1 fully saturated rings. The molecule has 6 aromatic rings. The molecule has 4 aromatic carbocycles. The van der Waals surface area contributed by atoms with Gasteiger partial charge in [0.15, 0.2) is 11.4 Å². The number of ether oxygens (including phenoxy) is 2. The van der Waals surface area contributed by atoms with Gasteiger partial charge in [0.05, 0.1) is 36.0 Å². The third kappa shape index (κ3) is 7.68. The van der Waals surface area contributed by atoms with Crippen LogP contribution in [-0.4, -0.2) is 42.8 Å². The van der Waals surface area contributed by atoms with Crippen molar-refractivity contribution in [1.29, 1.82) is 0 Å². The molecular formula is C39H35N5O4S. The number of hydrogen-bond acceptors (Lipinski definition) is 9. The van der Waals surface area contributed by atoms with E-state index in [2.05, 4.69) is 56.4 Å². The maximum atomic E-state index is 12.9. The summed E-state index contributed by atoms with van der Waals surface area (Å²) in [6.45, 7) is 2.48. The van der Waals surface area contributed by atoms with Crippen LogP contribution in [0.25, 0.3) is 22.2 Å². The average molecular weight is 670 g/mol. The molecular weight excluding hydrogens is 635 g/mol. The second-order valence-corrected chi connectivity index (χ2v) is 12.9. The second-order valence-electron chi connectivity index (χ2n) is 11.9. The normalized spacial score (nSPS) is 19.1. The van der Waals surface area contributed by atoms with Gasteiger partial charge in [0.1, 0.15) is 5.69 Å². The van der Waals surface area contributed by atoms with Crippen LogP contribution in [0.5, 0.6) is 0 Å². The number of carbonyl (C=O) groups is 1. The van der Waals surface area contributed by atoms with Crippen LogP contribution in [-0.2, 0) is 22.6 Å². The number of aliphatic hydroxyl groups is 1. The largest absolute Gasteiger partial charge is 0.392 e.